The quantitative estimate of drug-likeness (QED) is 0.874. The van der Waals surface area contributed by atoms with Crippen LogP contribution in [0, 0.1) is 5.82 Å². The Morgan fingerprint density at radius 1 is 1.11 bits per heavy atom. The van der Waals surface area contributed by atoms with Crippen LogP contribution in [0.2, 0.25) is 0 Å². The number of aliphatic hydroxyl groups is 1. The third kappa shape index (κ3) is 2.87. The van der Waals surface area contributed by atoms with Crippen molar-refractivity contribution in [2.75, 3.05) is 0 Å². The van der Waals surface area contributed by atoms with Crippen molar-refractivity contribution < 1.29 is 14.6 Å². The number of rotatable bonds is 3. The number of hydrogen-bond acceptors (Lipinski definition) is 2. The molecular formula is C15H15FO2. The highest BCUT2D eigenvalue weighted by Gasteiger charge is 2.23. The zero-order valence-electron chi connectivity index (χ0n) is 10.1. The molecule has 0 spiro atoms. The average Bonchev–Trinajstić information content (AvgIpc) is 2.29. The number of benzene rings is 2. The van der Waals surface area contributed by atoms with Crippen LogP contribution < -0.4 is 0 Å². The molecule has 0 aliphatic carbocycles. The Hall–Kier alpha value is -1.87. The summed E-state index contributed by atoms with van der Waals surface area (Å²) in [7, 11) is 0. The molecule has 2 aromatic carbocycles. The monoisotopic (exact) mass is 246 g/mol. The highest BCUT2D eigenvalue weighted by Crippen LogP contribution is 2.26. The van der Waals surface area contributed by atoms with Gasteiger partial charge in [-0.15, -0.1) is 0 Å². The van der Waals surface area contributed by atoms with E-state index in [2.05, 4.69) is 0 Å². The molecule has 2 rings (SSSR count). The van der Waals surface area contributed by atoms with Gasteiger partial charge in [0.25, 0.3) is 0 Å². The van der Waals surface area contributed by atoms with Crippen LogP contribution in [0.25, 0.3) is 0 Å². The van der Waals surface area contributed by atoms with Gasteiger partial charge in [-0.25, -0.2) is 4.39 Å². The summed E-state index contributed by atoms with van der Waals surface area (Å²) >= 11 is 0. The maximum absolute atomic E-state index is 12.8. The molecule has 1 unspecified atom stereocenters. The lowest BCUT2D eigenvalue weighted by Gasteiger charge is -2.24. The molecule has 0 saturated heterocycles. The Bertz CT molecular complexity index is 532. The summed E-state index contributed by atoms with van der Waals surface area (Å²) in [5.41, 5.74) is 0.373. The molecular weight excluding hydrogens is 231 g/mol. The third-order valence-electron chi connectivity index (χ3n) is 2.93. The number of aromatic hydroxyl groups is 1. The molecule has 94 valence electrons. The van der Waals surface area contributed by atoms with Crippen molar-refractivity contribution in [1.82, 2.24) is 0 Å². The number of phenols is 1. The molecule has 2 N–H and O–H groups in total. The smallest absolute Gasteiger partial charge is 0.123 e. The van der Waals surface area contributed by atoms with Gasteiger partial charge < -0.3 is 10.2 Å². The van der Waals surface area contributed by atoms with E-state index in [0.29, 0.717) is 12.0 Å². The van der Waals surface area contributed by atoms with Gasteiger partial charge in [-0.05, 0) is 42.3 Å². The highest BCUT2D eigenvalue weighted by atomic mass is 19.1. The minimum atomic E-state index is -1.10. The fraction of sp³-hybridized carbons (Fsp3) is 0.200. The third-order valence-corrected chi connectivity index (χ3v) is 2.93. The number of hydrogen-bond donors (Lipinski definition) is 2. The largest absolute Gasteiger partial charge is 0.508 e. The van der Waals surface area contributed by atoms with Crippen LogP contribution in [0.1, 0.15) is 18.1 Å². The molecule has 0 saturated carbocycles. The predicted molar refractivity (Wildman–Crippen MR) is 67.8 cm³/mol. The lowest BCUT2D eigenvalue weighted by Crippen LogP contribution is -2.24. The SMILES string of the molecule is CC(O)(Cc1cccc(O)c1)c1ccc(F)cc1. The van der Waals surface area contributed by atoms with Crippen LogP contribution in [0.4, 0.5) is 4.39 Å². The van der Waals surface area contributed by atoms with E-state index in [1.54, 1.807) is 37.3 Å². The minimum Gasteiger partial charge on any atom is -0.508 e. The van der Waals surface area contributed by atoms with E-state index in [1.807, 2.05) is 6.07 Å². The van der Waals surface area contributed by atoms with Crippen LogP contribution >= 0.6 is 0 Å². The molecule has 0 bridgehead atoms. The fourth-order valence-electron chi connectivity index (χ4n) is 1.97. The van der Waals surface area contributed by atoms with Crippen LogP contribution in [0.15, 0.2) is 48.5 Å². The molecule has 0 aliphatic rings. The summed E-state index contributed by atoms with van der Waals surface area (Å²) in [6.45, 7) is 1.67. The van der Waals surface area contributed by atoms with Gasteiger partial charge in [-0.1, -0.05) is 24.3 Å². The summed E-state index contributed by atoms with van der Waals surface area (Å²) in [6.07, 6.45) is 0.354. The Morgan fingerprint density at radius 2 is 1.78 bits per heavy atom. The zero-order chi connectivity index (χ0) is 13.2. The summed E-state index contributed by atoms with van der Waals surface area (Å²) in [5.74, 6) is -0.158. The van der Waals surface area contributed by atoms with Gasteiger partial charge in [0.1, 0.15) is 11.6 Å². The molecule has 0 aromatic heterocycles. The zero-order valence-corrected chi connectivity index (χ0v) is 10.1. The topological polar surface area (TPSA) is 40.5 Å². The molecule has 2 aromatic rings. The Balaban J connectivity index is 2.23. The van der Waals surface area contributed by atoms with E-state index in [-0.39, 0.29) is 11.6 Å². The predicted octanol–water partition coefficient (Wildman–Crippen LogP) is 2.98. The first-order valence-electron chi connectivity index (χ1n) is 5.74. The Labute approximate surface area is 105 Å². The van der Waals surface area contributed by atoms with Crippen LogP contribution in [-0.4, -0.2) is 10.2 Å². The summed E-state index contributed by atoms with van der Waals surface area (Å²) < 4.78 is 12.8. The first kappa shape index (κ1) is 12.6. The Morgan fingerprint density at radius 3 is 2.39 bits per heavy atom. The van der Waals surface area contributed by atoms with E-state index in [4.69, 9.17) is 0 Å². The normalized spacial score (nSPS) is 14.2. The van der Waals surface area contributed by atoms with E-state index in [1.165, 1.54) is 12.1 Å². The summed E-state index contributed by atoms with van der Waals surface area (Å²) in [5, 5.41) is 19.8. The highest BCUT2D eigenvalue weighted by molar-refractivity contribution is 5.31. The van der Waals surface area contributed by atoms with Gasteiger partial charge in [0.2, 0.25) is 0 Å². The molecule has 0 amide bonds. The maximum Gasteiger partial charge on any atom is 0.123 e. The molecule has 3 heteroatoms. The fourth-order valence-corrected chi connectivity index (χ4v) is 1.97. The molecule has 0 heterocycles. The molecule has 2 nitrogen and oxygen atoms in total. The second kappa shape index (κ2) is 4.78. The molecule has 1 atom stereocenters. The van der Waals surface area contributed by atoms with Crippen molar-refractivity contribution >= 4 is 0 Å². The van der Waals surface area contributed by atoms with Gasteiger partial charge in [-0.2, -0.15) is 0 Å². The van der Waals surface area contributed by atoms with E-state index in [9.17, 15) is 14.6 Å². The number of halogens is 1. The van der Waals surface area contributed by atoms with Crippen molar-refractivity contribution in [1.29, 1.82) is 0 Å². The van der Waals surface area contributed by atoms with E-state index >= 15 is 0 Å². The van der Waals surface area contributed by atoms with Crippen LogP contribution in [-0.2, 0) is 12.0 Å². The Kier molecular flexibility index (Phi) is 3.34. The van der Waals surface area contributed by atoms with Crippen molar-refractivity contribution in [3.05, 3.63) is 65.5 Å². The van der Waals surface area contributed by atoms with E-state index < -0.39 is 5.60 Å². The van der Waals surface area contributed by atoms with Crippen molar-refractivity contribution in [3.8, 4) is 5.75 Å². The van der Waals surface area contributed by atoms with E-state index in [0.717, 1.165) is 5.56 Å². The summed E-state index contributed by atoms with van der Waals surface area (Å²) in [6, 6.07) is 12.5. The van der Waals surface area contributed by atoms with Gasteiger partial charge in [0.15, 0.2) is 0 Å². The standard InChI is InChI=1S/C15H15FO2/c1-15(18,12-5-7-13(16)8-6-12)10-11-3-2-4-14(17)9-11/h2-9,17-18H,10H2,1H3. The first-order chi connectivity index (χ1) is 8.47. The van der Waals surface area contributed by atoms with Gasteiger partial charge in [-0.3, -0.25) is 0 Å². The molecule has 0 aliphatic heterocycles. The van der Waals surface area contributed by atoms with Crippen LogP contribution in [0.5, 0.6) is 5.75 Å². The first-order valence-corrected chi connectivity index (χ1v) is 5.74. The average molecular weight is 246 g/mol. The van der Waals surface area contributed by atoms with Gasteiger partial charge in [0.05, 0.1) is 5.60 Å². The minimum absolute atomic E-state index is 0.169. The van der Waals surface area contributed by atoms with Crippen molar-refractivity contribution in [2.24, 2.45) is 0 Å². The lowest BCUT2D eigenvalue weighted by atomic mass is 9.89. The van der Waals surface area contributed by atoms with Crippen molar-refractivity contribution in [3.63, 3.8) is 0 Å². The second-order valence-electron chi connectivity index (χ2n) is 4.63. The van der Waals surface area contributed by atoms with Crippen LogP contribution in [0.3, 0.4) is 0 Å². The summed E-state index contributed by atoms with van der Waals surface area (Å²) in [4.78, 5) is 0. The molecule has 0 fully saturated rings. The lowest BCUT2D eigenvalue weighted by molar-refractivity contribution is 0.0575. The second-order valence-corrected chi connectivity index (χ2v) is 4.63. The molecule has 18 heavy (non-hydrogen) atoms. The van der Waals surface area contributed by atoms with Gasteiger partial charge in [0, 0.05) is 6.42 Å². The number of phenolic OH excluding ortho intramolecular Hbond substituents is 1. The van der Waals surface area contributed by atoms with Gasteiger partial charge >= 0.3 is 0 Å². The van der Waals surface area contributed by atoms with Crippen molar-refractivity contribution in [2.45, 2.75) is 18.9 Å². The maximum atomic E-state index is 12.8. The molecule has 0 radical (unpaired) electrons.